The molecule has 2 N–H and O–H groups in total. The number of hydrogen-bond acceptors (Lipinski definition) is 3. The molecule has 86 valence electrons. The van der Waals surface area contributed by atoms with E-state index in [4.69, 9.17) is 10.5 Å². The van der Waals surface area contributed by atoms with E-state index in [0.717, 1.165) is 18.4 Å². The monoisotopic (exact) mass is 219 g/mol. The third kappa shape index (κ3) is 3.35. The molecule has 0 radical (unpaired) electrons. The van der Waals surface area contributed by atoms with Gasteiger partial charge in [-0.15, -0.1) is 0 Å². The van der Waals surface area contributed by atoms with Gasteiger partial charge in [0.1, 0.15) is 6.61 Å². The Morgan fingerprint density at radius 2 is 2.06 bits per heavy atom. The summed E-state index contributed by atoms with van der Waals surface area (Å²) in [6.07, 6.45) is 2.42. The lowest BCUT2D eigenvalue weighted by atomic mass is 10.2. The van der Waals surface area contributed by atoms with E-state index in [2.05, 4.69) is 0 Å². The molecule has 1 aliphatic carbocycles. The van der Waals surface area contributed by atoms with Crippen molar-refractivity contribution in [2.45, 2.75) is 31.9 Å². The Hall–Kier alpha value is -1.35. The van der Waals surface area contributed by atoms with Crippen LogP contribution in [0.1, 0.15) is 24.8 Å². The lowest BCUT2D eigenvalue weighted by molar-refractivity contribution is -0.145. The maximum absolute atomic E-state index is 11.4. The molecule has 16 heavy (non-hydrogen) atoms. The van der Waals surface area contributed by atoms with E-state index >= 15 is 0 Å². The van der Waals surface area contributed by atoms with Crippen molar-refractivity contribution < 1.29 is 9.53 Å². The molecule has 3 nitrogen and oxygen atoms in total. The smallest absolute Gasteiger partial charge is 0.306 e. The van der Waals surface area contributed by atoms with Crippen molar-refractivity contribution in [3.63, 3.8) is 0 Å². The third-order valence-electron chi connectivity index (χ3n) is 2.94. The summed E-state index contributed by atoms with van der Waals surface area (Å²) in [7, 11) is 0. The summed E-state index contributed by atoms with van der Waals surface area (Å²) in [4.78, 5) is 11.4. The van der Waals surface area contributed by atoms with Gasteiger partial charge >= 0.3 is 5.97 Å². The van der Waals surface area contributed by atoms with Crippen LogP contribution >= 0.6 is 0 Å². The molecule has 0 bridgehead atoms. The Morgan fingerprint density at radius 3 is 2.69 bits per heavy atom. The van der Waals surface area contributed by atoms with Crippen LogP contribution in [0.3, 0.4) is 0 Å². The average Bonchev–Trinajstić information content (AvgIpc) is 3.01. The van der Waals surface area contributed by atoms with Gasteiger partial charge in [-0.05, 0) is 24.3 Å². The minimum absolute atomic E-state index is 0.122. The summed E-state index contributed by atoms with van der Waals surface area (Å²) < 4.78 is 5.16. The minimum atomic E-state index is -0.122. The first kappa shape index (κ1) is 11.1. The summed E-state index contributed by atoms with van der Waals surface area (Å²) in [5.74, 6) is 0.423. The Kier molecular flexibility index (Phi) is 3.57. The molecule has 0 spiro atoms. The van der Waals surface area contributed by atoms with Gasteiger partial charge in [-0.25, -0.2) is 0 Å². The van der Waals surface area contributed by atoms with Crippen molar-refractivity contribution in [1.29, 1.82) is 0 Å². The van der Waals surface area contributed by atoms with Crippen LogP contribution in [-0.4, -0.2) is 12.0 Å². The molecule has 0 heterocycles. The molecule has 0 saturated heterocycles. The van der Waals surface area contributed by atoms with Gasteiger partial charge in [0, 0.05) is 12.5 Å². The van der Waals surface area contributed by atoms with Crippen LogP contribution in [0.4, 0.5) is 0 Å². The first-order chi connectivity index (χ1) is 7.75. The summed E-state index contributed by atoms with van der Waals surface area (Å²) in [5, 5.41) is 0. The molecule has 1 aromatic carbocycles. The highest BCUT2D eigenvalue weighted by Crippen LogP contribution is 2.32. The number of hydrogen-bond donors (Lipinski definition) is 1. The first-order valence-electron chi connectivity index (χ1n) is 5.71. The molecule has 3 heteroatoms. The van der Waals surface area contributed by atoms with Crippen LogP contribution in [0.15, 0.2) is 30.3 Å². The lowest BCUT2D eigenvalue weighted by Crippen LogP contribution is -2.07. The number of nitrogens with two attached hydrogens (primary N) is 1. The lowest BCUT2D eigenvalue weighted by Gasteiger charge is -2.04. The summed E-state index contributed by atoms with van der Waals surface area (Å²) >= 11 is 0. The van der Waals surface area contributed by atoms with E-state index in [1.807, 2.05) is 30.3 Å². The molecular formula is C13H17NO2. The predicted molar refractivity (Wildman–Crippen MR) is 61.6 cm³/mol. The number of esters is 1. The van der Waals surface area contributed by atoms with Crippen LogP contribution in [0.2, 0.25) is 0 Å². The maximum atomic E-state index is 11.4. The average molecular weight is 219 g/mol. The van der Waals surface area contributed by atoms with Crippen LogP contribution < -0.4 is 5.73 Å². The molecule has 1 aromatic rings. The largest absolute Gasteiger partial charge is 0.461 e. The number of carbonyl (C=O) groups is 1. The molecule has 2 rings (SSSR count). The molecule has 0 aliphatic heterocycles. The molecular weight excluding hydrogens is 202 g/mol. The molecule has 1 unspecified atom stereocenters. The standard InChI is InChI=1S/C13H17NO2/c14-12-8-11(12)6-7-13(15)16-9-10-4-2-1-3-5-10/h1-5,11-12H,6-9,14H2/t11?,12-/m0/s1. The highest BCUT2D eigenvalue weighted by molar-refractivity contribution is 5.69. The number of carbonyl (C=O) groups excluding carboxylic acids is 1. The highest BCUT2D eigenvalue weighted by Gasteiger charge is 2.33. The van der Waals surface area contributed by atoms with Gasteiger partial charge in [0.05, 0.1) is 0 Å². The number of rotatable bonds is 5. The summed E-state index contributed by atoms with van der Waals surface area (Å²) in [5.41, 5.74) is 6.69. The third-order valence-corrected chi connectivity index (χ3v) is 2.94. The van der Waals surface area contributed by atoms with E-state index in [-0.39, 0.29) is 5.97 Å². The van der Waals surface area contributed by atoms with Crippen molar-refractivity contribution >= 4 is 5.97 Å². The molecule has 0 amide bonds. The van der Waals surface area contributed by atoms with Crippen molar-refractivity contribution in [2.24, 2.45) is 11.7 Å². The second-order valence-corrected chi connectivity index (χ2v) is 4.34. The van der Waals surface area contributed by atoms with Crippen molar-refractivity contribution in [2.75, 3.05) is 0 Å². The Morgan fingerprint density at radius 1 is 1.38 bits per heavy atom. The molecule has 1 aliphatic rings. The fourth-order valence-corrected chi connectivity index (χ4v) is 1.72. The first-order valence-corrected chi connectivity index (χ1v) is 5.71. The second-order valence-electron chi connectivity index (χ2n) is 4.34. The summed E-state index contributed by atoms with van der Waals surface area (Å²) in [6.45, 7) is 0.371. The van der Waals surface area contributed by atoms with E-state index in [9.17, 15) is 4.79 Å². The van der Waals surface area contributed by atoms with E-state index < -0.39 is 0 Å². The number of benzene rings is 1. The van der Waals surface area contributed by atoms with Gasteiger partial charge in [-0.3, -0.25) is 4.79 Å². The Bertz CT molecular complexity index is 350. The topological polar surface area (TPSA) is 52.3 Å². The SMILES string of the molecule is N[C@H]1CC1CCC(=O)OCc1ccccc1. The van der Waals surface area contributed by atoms with Gasteiger partial charge in [-0.2, -0.15) is 0 Å². The minimum Gasteiger partial charge on any atom is -0.461 e. The normalized spacial score (nSPS) is 22.8. The molecule has 1 fully saturated rings. The van der Waals surface area contributed by atoms with Crippen molar-refractivity contribution in [1.82, 2.24) is 0 Å². The number of ether oxygens (including phenoxy) is 1. The van der Waals surface area contributed by atoms with Gasteiger partial charge in [0.2, 0.25) is 0 Å². The van der Waals surface area contributed by atoms with Gasteiger partial charge in [-0.1, -0.05) is 30.3 Å². The highest BCUT2D eigenvalue weighted by atomic mass is 16.5. The van der Waals surface area contributed by atoms with Gasteiger partial charge in [0.15, 0.2) is 0 Å². The summed E-state index contributed by atoms with van der Waals surface area (Å²) in [6, 6.07) is 10.0. The zero-order valence-corrected chi connectivity index (χ0v) is 9.26. The van der Waals surface area contributed by atoms with Gasteiger partial charge in [0.25, 0.3) is 0 Å². The van der Waals surface area contributed by atoms with E-state index in [1.54, 1.807) is 0 Å². The Balaban J connectivity index is 1.64. The fourth-order valence-electron chi connectivity index (χ4n) is 1.72. The van der Waals surface area contributed by atoms with Crippen LogP contribution in [0.5, 0.6) is 0 Å². The van der Waals surface area contributed by atoms with Crippen LogP contribution in [0, 0.1) is 5.92 Å². The predicted octanol–water partition coefficient (Wildman–Crippen LogP) is 1.86. The van der Waals surface area contributed by atoms with Crippen LogP contribution in [-0.2, 0) is 16.1 Å². The second kappa shape index (κ2) is 5.12. The van der Waals surface area contributed by atoms with Crippen molar-refractivity contribution in [3.8, 4) is 0 Å². The van der Waals surface area contributed by atoms with Gasteiger partial charge < -0.3 is 10.5 Å². The Labute approximate surface area is 95.6 Å². The van der Waals surface area contributed by atoms with E-state index in [0.29, 0.717) is 25.0 Å². The van der Waals surface area contributed by atoms with Crippen LogP contribution in [0.25, 0.3) is 0 Å². The fraction of sp³-hybridized carbons (Fsp3) is 0.462. The maximum Gasteiger partial charge on any atom is 0.306 e. The zero-order chi connectivity index (χ0) is 11.4. The van der Waals surface area contributed by atoms with E-state index in [1.165, 1.54) is 0 Å². The molecule has 1 saturated carbocycles. The van der Waals surface area contributed by atoms with Crippen molar-refractivity contribution in [3.05, 3.63) is 35.9 Å². The molecule has 2 atom stereocenters. The molecule has 0 aromatic heterocycles. The quantitative estimate of drug-likeness (QED) is 0.769. The zero-order valence-electron chi connectivity index (χ0n) is 9.26.